The van der Waals surface area contributed by atoms with Gasteiger partial charge in [0, 0.05) is 32.1 Å². The number of benzene rings is 1. The molecule has 1 saturated heterocycles. The largest absolute Gasteiger partial charge is 0.488 e. The number of rotatable bonds is 4. The van der Waals surface area contributed by atoms with E-state index < -0.39 is 5.54 Å². The maximum absolute atomic E-state index is 13.5. The number of nitrogens with zero attached hydrogens (tertiary/aromatic N) is 3. The van der Waals surface area contributed by atoms with E-state index in [4.69, 9.17) is 9.47 Å². The highest BCUT2D eigenvalue weighted by molar-refractivity contribution is 5.97. The van der Waals surface area contributed by atoms with Crippen LogP contribution in [-0.4, -0.2) is 51.8 Å². The van der Waals surface area contributed by atoms with Gasteiger partial charge in [0.05, 0.1) is 30.3 Å². The number of aromatic nitrogens is 2. The van der Waals surface area contributed by atoms with Gasteiger partial charge in [0.15, 0.2) is 0 Å². The second-order valence-electron chi connectivity index (χ2n) is 9.44. The van der Waals surface area contributed by atoms with Crippen molar-refractivity contribution in [1.29, 1.82) is 0 Å². The maximum atomic E-state index is 13.5. The second kappa shape index (κ2) is 8.30. The minimum Gasteiger partial charge on any atom is -0.488 e. The lowest BCUT2D eigenvalue weighted by molar-refractivity contribution is -0.0371. The predicted molar refractivity (Wildman–Crippen MR) is 126 cm³/mol. The molecule has 33 heavy (non-hydrogen) atoms. The Labute approximate surface area is 192 Å². The third-order valence-electron chi connectivity index (χ3n) is 6.67. The summed E-state index contributed by atoms with van der Waals surface area (Å²) in [7, 11) is 0. The van der Waals surface area contributed by atoms with Crippen LogP contribution in [0.5, 0.6) is 5.75 Å². The van der Waals surface area contributed by atoms with Crippen molar-refractivity contribution in [2.45, 2.75) is 51.8 Å². The van der Waals surface area contributed by atoms with Gasteiger partial charge < -0.3 is 18.9 Å². The van der Waals surface area contributed by atoms with E-state index in [1.165, 1.54) is 11.1 Å². The molecule has 2 aliphatic rings. The molecule has 3 heterocycles. The highest BCUT2D eigenvalue weighted by atomic mass is 16.5. The summed E-state index contributed by atoms with van der Waals surface area (Å²) < 4.78 is 13.6. The van der Waals surface area contributed by atoms with Gasteiger partial charge in [0.25, 0.3) is 5.91 Å². The third kappa shape index (κ3) is 3.91. The van der Waals surface area contributed by atoms with E-state index in [-0.39, 0.29) is 23.0 Å². The highest BCUT2D eigenvalue weighted by Crippen LogP contribution is 2.27. The second-order valence-corrected chi connectivity index (χ2v) is 9.44. The summed E-state index contributed by atoms with van der Waals surface area (Å²) in [6.07, 6.45) is 4.98. The van der Waals surface area contributed by atoms with Crippen LogP contribution in [0.15, 0.2) is 47.5 Å². The Bertz CT molecular complexity index is 1260. The van der Waals surface area contributed by atoms with Gasteiger partial charge in [-0.25, -0.2) is 4.98 Å². The zero-order chi connectivity index (χ0) is 23.2. The number of ether oxygens (including phenoxy) is 2. The number of carbonyl (C=O) groups excluding carboxylic acids is 1. The van der Waals surface area contributed by atoms with Gasteiger partial charge in [-0.3, -0.25) is 9.59 Å². The maximum Gasteiger partial charge on any atom is 0.259 e. The molecule has 0 radical (unpaired) electrons. The Morgan fingerprint density at radius 3 is 2.64 bits per heavy atom. The van der Waals surface area contributed by atoms with Crippen LogP contribution in [0.1, 0.15) is 42.3 Å². The van der Waals surface area contributed by atoms with Crippen molar-refractivity contribution in [3.05, 3.63) is 69.6 Å². The van der Waals surface area contributed by atoms with Gasteiger partial charge in [-0.2, -0.15) is 0 Å². The first-order valence-corrected chi connectivity index (χ1v) is 11.5. The minimum atomic E-state index is -0.478. The Balaban J connectivity index is 1.50. The van der Waals surface area contributed by atoms with Gasteiger partial charge in [-0.1, -0.05) is 24.3 Å². The Morgan fingerprint density at radius 1 is 1.24 bits per heavy atom. The van der Waals surface area contributed by atoms with E-state index in [1.54, 1.807) is 23.4 Å². The van der Waals surface area contributed by atoms with Crippen LogP contribution in [0.4, 0.5) is 0 Å². The molecule has 7 heteroatoms. The van der Waals surface area contributed by atoms with E-state index >= 15 is 0 Å². The number of aryl methyl sites for hydroxylation is 1. The van der Waals surface area contributed by atoms with Gasteiger partial charge in [-0.15, -0.1) is 0 Å². The van der Waals surface area contributed by atoms with E-state index in [2.05, 4.69) is 17.1 Å². The molecule has 1 amide bonds. The fourth-order valence-corrected chi connectivity index (χ4v) is 4.89. The summed E-state index contributed by atoms with van der Waals surface area (Å²) in [5, 5.41) is 0.404. The zero-order valence-electron chi connectivity index (χ0n) is 19.3. The first-order valence-electron chi connectivity index (χ1n) is 11.5. The van der Waals surface area contributed by atoms with Crippen molar-refractivity contribution in [3.63, 3.8) is 0 Å². The van der Waals surface area contributed by atoms with Crippen LogP contribution < -0.4 is 10.2 Å². The molecule has 0 saturated carbocycles. The third-order valence-corrected chi connectivity index (χ3v) is 6.67. The van der Waals surface area contributed by atoms with Crippen LogP contribution in [0.25, 0.3) is 11.0 Å². The molecule has 172 valence electrons. The van der Waals surface area contributed by atoms with Crippen molar-refractivity contribution in [3.8, 4) is 5.75 Å². The normalized spacial score (nSPS) is 17.8. The molecule has 1 aromatic carbocycles. The Hall–Kier alpha value is -3.19. The molecule has 2 aromatic heterocycles. The molecule has 0 bridgehead atoms. The standard InChI is InChI=1S/C26H29N3O4/c1-4-28-15-22(25(31)29-9-10-32-16-26(29,2)3)23(30)21-13-20(14-27-24(21)28)33-19-11-17-7-5-6-8-18(17)12-19/h5-8,13-15,19H,4,9-12,16H2,1-3H3. The number of pyridine rings is 2. The average molecular weight is 448 g/mol. The molecule has 0 unspecified atom stereocenters. The molecule has 5 rings (SSSR count). The van der Waals surface area contributed by atoms with Crippen molar-refractivity contribution < 1.29 is 14.3 Å². The van der Waals surface area contributed by atoms with Crippen LogP contribution in [-0.2, 0) is 24.1 Å². The summed E-state index contributed by atoms with van der Waals surface area (Å²) in [5.41, 5.74) is 2.52. The molecule has 1 fully saturated rings. The lowest BCUT2D eigenvalue weighted by Crippen LogP contribution is -2.56. The molecule has 3 aromatic rings. The first-order chi connectivity index (χ1) is 15.9. The summed E-state index contributed by atoms with van der Waals surface area (Å²) in [6.45, 7) is 7.84. The van der Waals surface area contributed by atoms with E-state index in [0.717, 1.165) is 12.8 Å². The molecule has 0 N–H and O–H groups in total. The fraction of sp³-hybridized carbons (Fsp3) is 0.423. The van der Waals surface area contributed by atoms with Crippen LogP contribution in [0.2, 0.25) is 0 Å². The molecule has 0 spiro atoms. The van der Waals surface area contributed by atoms with Gasteiger partial charge >= 0.3 is 0 Å². The van der Waals surface area contributed by atoms with E-state index in [9.17, 15) is 9.59 Å². The van der Waals surface area contributed by atoms with Crippen LogP contribution in [0.3, 0.4) is 0 Å². The lowest BCUT2D eigenvalue weighted by atomic mass is 10.0. The lowest BCUT2D eigenvalue weighted by Gasteiger charge is -2.42. The average Bonchev–Trinajstić information content (AvgIpc) is 3.21. The predicted octanol–water partition coefficient (Wildman–Crippen LogP) is 3.21. The molecule has 7 nitrogen and oxygen atoms in total. The van der Waals surface area contributed by atoms with E-state index in [1.807, 2.05) is 37.5 Å². The number of morpholine rings is 1. The minimum absolute atomic E-state index is 0.00835. The van der Waals surface area contributed by atoms with Gasteiger partial charge in [0.1, 0.15) is 23.1 Å². The number of amides is 1. The van der Waals surface area contributed by atoms with Crippen molar-refractivity contribution >= 4 is 16.9 Å². The number of hydrogen-bond acceptors (Lipinski definition) is 5. The Morgan fingerprint density at radius 2 is 1.97 bits per heavy atom. The first kappa shape index (κ1) is 21.6. The number of fused-ring (bicyclic) bond motifs is 2. The summed E-state index contributed by atoms with van der Waals surface area (Å²) >= 11 is 0. The van der Waals surface area contributed by atoms with Gasteiger partial charge in [0.2, 0.25) is 5.43 Å². The number of carbonyl (C=O) groups is 1. The summed E-state index contributed by atoms with van der Waals surface area (Å²) in [5.74, 6) is 0.284. The fourth-order valence-electron chi connectivity index (χ4n) is 4.89. The smallest absolute Gasteiger partial charge is 0.259 e. The highest BCUT2D eigenvalue weighted by Gasteiger charge is 2.36. The van der Waals surface area contributed by atoms with Crippen molar-refractivity contribution in [1.82, 2.24) is 14.5 Å². The van der Waals surface area contributed by atoms with E-state index in [0.29, 0.717) is 43.1 Å². The molecule has 0 atom stereocenters. The summed E-state index contributed by atoms with van der Waals surface area (Å²) in [4.78, 5) is 33.2. The number of hydrogen-bond donors (Lipinski definition) is 0. The quantitative estimate of drug-likeness (QED) is 0.614. The van der Waals surface area contributed by atoms with Crippen LogP contribution >= 0.6 is 0 Å². The van der Waals surface area contributed by atoms with Crippen molar-refractivity contribution in [2.24, 2.45) is 0 Å². The SMILES string of the molecule is CCn1cc(C(=O)N2CCOCC2(C)C)c(=O)c2cc(OC3Cc4ccccc4C3)cnc21. The van der Waals surface area contributed by atoms with Crippen molar-refractivity contribution in [2.75, 3.05) is 19.8 Å². The monoisotopic (exact) mass is 447 g/mol. The molecular weight excluding hydrogens is 418 g/mol. The van der Waals surface area contributed by atoms with Crippen LogP contribution in [0, 0.1) is 0 Å². The molecule has 1 aliphatic carbocycles. The van der Waals surface area contributed by atoms with Gasteiger partial charge in [-0.05, 0) is 38.0 Å². The Kier molecular flexibility index (Phi) is 5.44. The summed E-state index contributed by atoms with van der Waals surface area (Å²) in [6, 6.07) is 10.1. The topological polar surface area (TPSA) is 73.7 Å². The zero-order valence-corrected chi connectivity index (χ0v) is 19.3. The molecular formula is C26H29N3O4. The molecule has 1 aliphatic heterocycles.